The highest BCUT2D eigenvalue weighted by Gasteiger charge is 2.04. The van der Waals surface area contributed by atoms with Gasteiger partial charge >= 0.3 is 0 Å². The lowest BCUT2D eigenvalue weighted by Crippen LogP contribution is -1.91. The van der Waals surface area contributed by atoms with Crippen LogP contribution in [0.25, 0.3) is 5.57 Å². The Hall–Kier alpha value is -1.66. The van der Waals surface area contributed by atoms with Crippen molar-refractivity contribution in [3.05, 3.63) is 34.9 Å². The molecule has 0 radical (unpaired) electrons. The number of allylic oxidation sites excluding steroid dienone is 1. The lowest BCUT2D eigenvalue weighted by atomic mass is 10.0. The van der Waals surface area contributed by atoms with Crippen molar-refractivity contribution in [2.75, 3.05) is 0 Å². The number of hydrogen-bond donors (Lipinski definition) is 0. The second-order valence-electron chi connectivity index (χ2n) is 2.95. The average Bonchev–Trinajstić information content (AvgIpc) is 2.13. The molecule has 0 heterocycles. The molecule has 2 nitrogen and oxygen atoms in total. The molecule has 0 atom stereocenters. The van der Waals surface area contributed by atoms with E-state index >= 15 is 0 Å². The summed E-state index contributed by atoms with van der Waals surface area (Å²) in [4.78, 5) is 20.9. The number of aldehydes is 1. The van der Waals surface area contributed by atoms with Crippen molar-refractivity contribution in [2.24, 2.45) is 0 Å². The van der Waals surface area contributed by atoms with Crippen LogP contribution in [0.2, 0.25) is 0 Å². The minimum Gasteiger partial charge on any atom is -0.297 e. The first-order chi connectivity index (χ1) is 6.19. The third-order valence-electron chi connectivity index (χ3n) is 1.91. The zero-order valence-electron chi connectivity index (χ0n) is 7.63. The summed E-state index contributed by atoms with van der Waals surface area (Å²) in [6.07, 6.45) is 0.536. The van der Waals surface area contributed by atoms with E-state index in [1.54, 1.807) is 5.94 Å². The molecule has 2 heteroatoms. The summed E-state index contributed by atoms with van der Waals surface area (Å²) in [7, 11) is 0. The Balaban J connectivity index is 3.35. The Morgan fingerprint density at radius 1 is 1.38 bits per heavy atom. The summed E-state index contributed by atoms with van der Waals surface area (Å²) in [6.45, 7) is 3.77. The maximum atomic E-state index is 10.5. The van der Waals surface area contributed by atoms with Crippen LogP contribution in [0.3, 0.4) is 0 Å². The summed E-state index contributed by atoms with van der Waals surface area (Å²) >= 11 is 0. The van der Waals surface area contributed by atoms with Crippen molar-refractivity contribution < 1.29 is 9.59 Å². The fourth-order valence-corrected chi connectivity index (χ4v) is 1.17. The second kappa shape index (κ2) is 3.83. The smallest absolute Gasteiger partial charge is 0.161 e. The Bertz CT molecular complexity index is 385. The van der Waals surface area contributed by atoms with E-state index < -0.39 is 0 Å². The number of carbonyl (C=O) groups is 1. The molecule has 0 saturated heterocycles. The number of benzene rings is 1. The summed E-state index contributed by atoms with van der Waals surface area (Å²) in [5.74, 6) is 1.63. The van der Waals surface area contributed by atoms with Crippen LogP contribution < -0.4 is 0 Å². The van der Waals surface area contributed by atoms with Gasteiger partial charge in [-0.3, -0.25) is 4.79 Å². The van der Waals surface area contributed by atoms with Crippen LogP contribution in [-0.4, -0.2) is 12.2 Å². The lowest BCUT2D eigenvalue weighted by molar-refractivity contribution is -0.103. The molecule has 66 valence electrons. The molecule has 0 aromatic heterocycles. The second-order valence-corrected chi connectivity index (χ2v) is 2.95. The van der Waals surface area contributed by atoms with E-state index in [4.69, 9.17) is 0 Å². The maximum Gasteiger partial charge on any atom is 0.161 e. The molecule has 0 saturated carbocycles. The van der Waals surface area contributed by atoms with Crippen molar-refractivity contribution in [3.63, 3.8) is 0 Å². The van der Waals surface area contributed by atoms with Crippen molar-refractivity contribution in [1.29, 1.82) is 0 Å². The Morgan fingerprint density at radius 2 is 2.08 bits per heavy atom. The van der Waals surface area contributed by atoms with Crippen LogP contribution in [0.15, 0.2) is 18.2 Å². The first kappa shape index (κ1) is 9.43. The molecule has 0 amide bonds. The van der Waals surface area contributed by atoms with Gasteiger partial charge in [-0.15, -0.1) is 0 Å². The molecule has 0 unspecified atom stereocenters. The normalized spacial score (nSPS) is 9.08. The van der Waals surface area contributed by atoms with Crippen LogP contribution in [0.4, 0.5) is 0 Å². The molecule has 0 aliphatic rings. The Kier molecular flexibility index (Phi) is 2.78. The van der Waals surface area contributed by atoms with E-state index in [0.29, 0.717) is 11.8 Å². The highest BCUT2D eigenvalue weighted by Crippen LogP contribution is 2.16. The molecule has 1 rings (SSSR count). The fraction of sp³-hybridized carbons (Fsp3) is 0.182. The molecule has 0 bridgehead atoms. The van der Waals surface area contributed by atoms with Gasteiger partial charge in [0.2, 0.25) is 0 Å². The van der Waals surface area contributed by atoms with E-state index in [9.17, 15) is 9.59 Å². The average molecular weight is 174 g/mol. The van der Waals surface area contributed by atoms with Gasteiger partial charge in [0, 0.05) is 0 Å². The maximum absolute atomic E-state index is 10.5. The summed E-state index contributed by atoms with van der Waals surface area (Å²) in [6, 6.07) is 5.63. The highest BCUT2D eigenvalue weighted by atomic mass is 16.1. The molecule has 13 heavy (non-hydrogen) atoms. The molecule has 1 aromatic carbocycles. The van der Waals surface area contributed by atoms with Crippen molar-refractivity contribution in [3.8, 4) is 0 Å². The summed E-state index contributed by atoms with van der Waals surface area (Å²) < 4.78 is 0. The Labute approximate surface area is 76.9 Å². The van der Waals surface area contributed by atoms with Crippen LogP contribution in [0, 0.1) is 13.8 Å². The van der Waals surface area contributed by atoms with Gasteiger partial charge in [0.05, 0.1) is 0 Å². The SMILES string of the molecule is Cc1ccc(C)c(C(=C=O)C=O)c1. The van der Waals surface area contributed by atoms with Gasteiger partial charge in [0.25, 0.3) is 0 Å². The zero-order chi connectivity index (χ0) is 9.84. The number of carbonyl (C=O) groups excluding carboxylic acids is 2. The van der Waals surface area contributed by atoms with Gasteiger partial charge in [-0.25, -0.2) is 4.79 Å². The topological polar surface area (TPSA) is 34.1 Å². The predicted octanol–water partition coefficient (Wildman–Crippen LogP) is 1.72. The fourth-order valence-electron chi connectivity index (χ4n) is 1.17. The van der Waals surface area contributed by atoms with Gasteiger partial charge in [-0.1, -0.05) is 23.8 Å². The standard InChI is InChI=1S/C11H10O2/c1-8-3-4-9(2)11(5-8)10(6-12)7-13/h3-6H,1-2H3. The quantitative estimate of drug-likeness (QED) is 0.388. The van der Waals surface area contributed by atoms with Crippen molar-refractivity contribution in [2.45, 2.75) is 13.8 Å². The first-order valence-corrected chi connectivity index (χ1v) is 3.97. The molecular formula is C11H10O2. The molecule has 0 N–H and O–H groups in total. The summed E-state index contributed by atoms with van der Waals surface area (Å²) in [5, 5.41) is 0. The van der Waals surface area contributed by atoms with Gasteiger partial charge in [0.15, 0.2) is 6.29 Å². The highest BCUT2D eigenvalue weighted by molar-refractivity contribution is 6.18. The molecule has 0 fully saturated rings. The molecule has 0 aliphatic carbocycles. The van der Waals surface area contributed by atoms with Crippen molar-refractivity contribution >= 4 is 17.8 Å². The van der Waals surface area contributed by atoms with E-state index in [-0.39, 0.29) is 5.57 Å². The minimum atomic E-state index is 0.0844. The van der Waals surface area contributed by atoms with Gasteiger partial charge in [-0.05, 0) is 25.0 Å². The number of hydrogen-bond acceptors (Lipinski definition) is 2. The number of rotatable bonds is 2. The third kappa shape index (κ3) is 1.92. The summed E-state index contributed by atoms with van der Waals surface area (Å²) in [5.41, 5.74) is 2.69. The van der Waals surface area contributed by atoms with E-state index in [1.807, 2.05) is 32.0 Å². The van der Waals surface area contributed by atoms with Crippen LogP contribution in [0.5, 0.6) is 0 Å². The molecule has 0 aliphatic heterocycles. The van der Waals surface area contributed by atoms with E-state index in [0.717, 1.165) is 11.1 Å². The van der Waals surface area contributed by atoms with Gasteiger partial charge in [0.1, 0.15) is 11.5 Å². The van der Waals surface area contributed by atoms with Crippen molar-refractivity contribution in [1.82, 2.24) is 0 Å². The molecular weight excluding hydrogens is 164 g/mol. The number of aryl methyl sites for hydroxylation is 2. The third-order valence-corrected chi connectivity index (χ3v) is 1.91. The minimum absolute atomic E-state index is 0.0844. The van der Waals surface area contributed by atoms with Crippen LogP contribution >= 0.6 is 0 Å². The first-order valence-electron chi connectivity index (χ1n) is 3.97. The predicted molar refractivity (Wildman–Crippen MR) is 51.1 cm³/mol. The van der Waals surface area contributed by atoms with Crippen LogP contribution in [0.1, 0.15) is 16.7 Å². The van der Waals surface area contributed by atoms with Gasteiger partial charge < -0.3 is 0 Å². The van der Waals surface area contributed by atoms with E-state index in [1.165, 1.54) is 0 Å². The zero-order valence-corrected chi connectivity index (χ0v) is 7.63. The Morgan fingerprint density at radius 3 is 2.62 bits per heavy atom. The largest absolute Gasteiger partial charge is 0.297 e. The monoisotopic (exact) mass is 174 g/mol. The molecule has 1 aromatic rings. The van der Waals surface area contributed by atoms with Crippen LogP contribution in [-0.2, 0) is 9.59 Å². The van der Waals surface area contributed by atoms with E-state index in [2.05, 4.69) is 0 Å². The van der Waals surface area contributed by atoms with Gasteiger partial charge in [-0.2, -0.15) is 0 Å². The lowest BCUT2D eigenvalue weighted by Gasteiger charge is -2.02. The molecule has 0 spiro atoms.